The summed E-state index contributed by atoms with van der Waals surface area (Å²) in [5.41, 5.74) is 6.82. The summed E-state index contributed by atoms with van der Waals surface area (Å²) in [7, 11) is 1.89. The van der Waals surface area contributed by atoms with E-state index in [-0.39, 0.29) is 30.5 Å². The Hall–Kier alpha value is -0.970. The smallest absolute Gasteiger partial charge is 0.127 e. The van der Waals surface area contributed by atoms with Crippen molar-refractivity contribution in [1.82, 2.24) is 4.90 Å². The predicted molar refractivity (Wildman–Crippen MR) is 80.9 cm³/mol. The van der Waals surface area contributed by atoms with E-state index in [9.17, 15) is 9.50 Å². The van der Waals surface area contributed by atoms with E-state index in [2.05, 4.69) is 13.8 Å². The number of hydrogen-bond acceptors (Lipinski definition) is 3. The van der Waals surface area contributed by atoms with Gasteiger partial charge in [-0.05, 0) is 32.4 Å². The molecular formula is C16H27FN2O. The number of aliphatic hydroxyl groups is 1. The highest BCUT2D eigenvalue weighted by molar-refractivity contribution is 5.20. The molecule has 0 aromatic heterocycles. The Balaban J connectivity index is 2.85. The van der Waals surface area contributed by atoms with Crippen LogP contribution < -0.4 is 5.73 Å². The monoisotopic (exact) mass is 282 g/mol. The van der Waals surface area contributed by atoms with Gasteiger partial charge in [0.15, 0.2) is 0 Å². The van der Waals surface area contributed by atoms with Crippen molar-refractivity contribution in [2.45, 2.75) is 45.3 Å². The van der Waals surface area contributed by atoms with Gasteiger partial charge in [0.05, 0.1) is 6.61 Å². The van der Waals surface area contributed by atoms with Crippen LogP contribution in [0.2, 0.25) is 0 Å². The summed E-state index contributed by atoms with van der Waals surface area (Å²) in [5, 5.41) is 9.63. The van der Waals surface area contributed by atoms with Crippen LogP contribution in [0.4, 0.5) is 4.39 Å². The number of hydrogen-bond donors (Lipinski definition) is 2. The average molecular weight is 282 g/mol. The van der Waals surface area contributed by atoms with Crippen LogP contribution in [-0.4, -0.2) is 35.7 Å². The normalized spacial score (nSPS) is 16.4. The van der Waals surface area contributed by atoms with Crippen molar-refractivity contribution in [3.63, 3.8) is 0 Å². The molecule has 0 bridgehead atoms. The van der Waals surface area contributed by atoms with Gasteiger partial charge in [-0.1, -0.05) is 32.0 Å². The standard InChI is InChI=1S/C16H27FN2O/c1-11(2)9-15(18)16(10-20)19(4)12(3)13-7-5-6-8-14(13)17/h5-8,11-12,15-16,20H,9-10,18H2,1-4H3. The molecule has 3 N–H and O–H groups in total. The molecule has 3 unspecified atom stereocenters. The molecule has 20 heavy (non-hydrogen) atoms. The van der Waals surface area contributed by atoms with Gasteiger partial charge in [0.25, 0.3) is 0 Å². The third-order valence-corrected chi connectivity index (χ3v) is 3.91. The number of nitrogens with zero attached hydrogens (tertiary/aromatic N) is 1. The van der Waals surface area contributed by atoms with E-state index < -0.39 is 0 Å². The molecule has 0 aliphatic heterocycles. The van der Waals surface area contributed by atoms with E-state index in [1.165, 1.54) is 6.07 Å². The maximum absolute atomic E-state index is 13.9. The first kappa shape index (κ1) is 17.1. The average Bonchev–Trinajstić information content (AvgIpc) is 2.38. The van der Waals surface area contributed by atoms with Crippen molar-refractivity contribution >= 4 is 0 Å². The Morgan fingerprint density at radius 2 is 1.85 bits per heavy atom. The molecule has 0 saturated heterocycles. The van der Waals surface area contributed by atoms with Gasteiger partial charge in [-0.25, -0.2) is 4.39 Å². The molecule has 0 aliphatic rings. The third-order valence-electron chi connectivity index (χ3n) is 3.91. The van der Waals surface area contributed by atoms with Crippen molar-refractivity contribution in [2.75, 3.05) is 13.7 Å². The summed E-state index contributed by atoms with van der Waals surface area (Å²) in [4.78, 5) is 1.96. The molecule has 0 heterocycles. The summed E-state index contributed by atoms with van der Waals surface area (Å²) >= 11 is 0. The first-order chi connectivity index (χ1) is 9.38. The Morgan fingerprint density at radius 3 is 2.35 bits per heavy atom. The van der Waals surface area contributed by atoms with Crippen LogP contribution in [0.15, 0.2) is 24.3 Å². The Labute approximate surface area is 121 Å². The van der Waals surface area contributed by atoms with Gasteiger partial charge >= 0.3 is 0 Å². The van der Waals surface area contributed by atoms with Crippen molar-refractivity contribution in [1.29, 1.82) is 0 Å². The Morgan fingerprint density at radius 1 is 1.25 bits per heavy atom. The molecule has 3 nitrogen and oxygen atoms in total. The molecule has 0 aliphatic carbocycles. The highest BCUT2D eigenvalue weighted by atomic mass is 19.1. The predicted octanol–water partition coefficient (Wildman–Crippen LogP) is 2.55. The molecule has 0 amide bonds. The lowest BCUT2D eigenvalue weighted by Gasteiger charge is -2.36. The highest BCUT2D eigenvalue weighted by Gasteiger charge is 2.27. The third kappa shape index (κ3) is 4.27. The van der Waals surface area contributed by atoms with Crippen LogP contribution in [-0.2, 0) is 0 Å². The summed E-state index contributed by atoms with van der Waals surface area (Å²) < 4.78 is 13.9. The summed E-state index contributed by atoms with van der Waals surface area (Å²) in [6.45, 7) is 6.12. The molecule has 1 aromatic carbocycles. The van der Waals surface area contributed by atoms with Crippen LogP contribution in [0.25, 0.3) is 0 Å². The zero-order valence-corrected chi connectivity index (χ0v) is 12.9. The zero-order valence-electron chi connectivity index (χ0n) is 12.9. The van der Waals surface area contributed by atoms with Gasteiger partial charge in [-0.3, -0.25) is 4.90 Å². The minimum Gasteiger partial charge on any atom is -0.395 e. The van der Waals surface area contributed by atoms with E-state index in [4.69, 9.17) is 5.73 Å². The van der Waals surface area contributed by atoms with Crippen LogP contribution in [0.3, 0.4) is 0 Å². The van der Waals surface area contributed by atoms with Crippen molar-refractivity contribution in [2.24, 2.45) is 11.7 Å². The molecule has 1 aromatic rings. The largest absolute Gasteiger partial charge is 0.395 e. The number of aliphatic hydroxyl groups excluding tert-OH is 1. The van der Waals surface area contributed by atoms with Gasteiger partial charge in [-0.2, -0.15) is 0 Å². The Kier molecular flexibility index (Phi) is 6.59. The first-order valence-corrected chi connectivity index (χ1v) is 7.21. The topological polar surface area (TPSA) is 49.5 Å². The molecule has 1 rings (SSSR count). The van der Waals surface area contributed by atoms with Crippen LogP contribution in [0, 0.1) is 11.7 Å². The number of nitrogens with two attached hydrogens (primary N) is 1. The lowest BCUT2D eigenvalue weighted by atomic mass is 9.95. The lowest BCUT2D eigenvalue weighted by molar-refractivity contribution is 0.0898. The fourth-order valence-electron chi connectivity index (χ4n) is 2.59. The van der Waals surface area contributed by atoms with E-state index >= 15 is 0 Å². The van der Waals surface area contributed by atoms with Gasteiger partial charge in [0, 0.05) is 23.7 Å². The Bertz CT molecular complexity index is 411. The van der Waals surface area contributed by atoms with Crippen molar-refractivity contribution in [3.05, 3.63) is 35.6 Å². The van der Waals surface area contributed by atoms with Gasteiger partial charge < -0.3 is 10.8 Å². The number of likely N-dealkylation sites (N-methyl/N-ethyl adjacent to an activating group) is 1. The summed E-state index contributed by atoms with van der Waals surface area (Å²) in [6, 6.07) is 6.31. The number of halogens is 1. The van der Waals surface area contributed by atoms with Gasteiger partial charge in [-0.15, -0.1) is 0 Å². The van der Waals surface area contributed by atoms with E-state index in [1.807, 2.05) is 24.9 Å². The van der Waals surface area contributed by atoms with Gasteiger partial charge in [0.2, 0.25) is 0 Å². The number of rotatable bonds is 7. The van der Waals surface area contributed by atoms with Crippen molar-refractivity contribution in [3.8, 4) is 0 Å². The van der Waals surface area contributed by atoms with Crippen LogP contribution in [0.1, 0.15) is 38.8 Å². The fraction of sp³-hybridized carbons (Fsp3) is 0.625. The van der Waals surface area contributed by atoms with E-state index in [0.29, 0.717) is 11.5 Å². The second kappa shape index (κ2) is 7.72. The molecule has 0 radical (unpaired) electrons. The molecule has 4 heteroatoms. The van der Waals surface area contributed by atoms with Crippen LogP contribution in [0.5, 0.6) is 0 Å². The lowest BCUT2D eigenvalue weighted by Crippen LogP contribution is -2.49. The van der Waals surface area contributed by atoms with E-state index in [1.54, 1.807) is 12.1 Å². The van der Waals surface area contributed by atoms with Crippen molar-refractivity contribution < 1.29 is 9.50 Å². The maximum atomic E-state index is 13.9. The summed E-state index contributed by atoms with van der Waals surface area (Å²) in [5.74, 6) is 0.247. The molecule has 0 fully saturated rings. The second-order valence-corrected chi connectivity index (χ2v) is 5.91. The minimum atomic E-state index is -0.221. The zero-order chi connectivity index (χ0) is 15.3. The molecular weight excluding hydrogens is 255 g/mol. The summed E-state index contributed by atoms with van der Waals surface area (Å²) in [6.07, 6.45) is 0.833. The minimum absolute atomic E-state index is 0.0246. The first-order valence-electron chi connectivity index (χ1n) is 7.21. The molecule has 3 atom stereocenters. The highest BCUT2D eigenvalue weighted by Crippen LogP contribution is 2.25. The quantitative estimate of drug-likeness (QED) is 0.808. The van der Waals surface area contributed by atoms with Crippen LogP contribution >= 0.6 is 0 Å². The SMILES string of the molecule is CC(C)CC(N)C(CO)N(C)C(C)c1ccccc1F. The number of benzene rings is 1. The molecule has 0 saturated carbocycles. The van der Waals surface area contributed by atoms with E-state index in [0.717, 1.165) is 6.42 Å². The van der Waals surface area contributed by atoms with Gasteiger partial charge in [0.1, 0.15) is 5.82 Å². The maximum Gasteiger partial charge on any atom is 0.127 e. The molecule has 114 valence electrons. The second-order valence-electron chi connectivity index (χ2n) is 5.91. The molecule has 0 spiro atoms. The fourth-order valence-corrected chi connectivity index (χ4v) is 2.59.